The van der Waals surface area contributed by atoms with Crippen LogP contribution in [0.1, 0.15) is 12.6 Å². The standard InChI is InChI=1S/C6H10BrN3.ClH/c1-2-10-6(7)3-5(4-8)9-10;/h3H,2,4,8H2,1H3;1H. The minimum atomic E-state index is 0. The highest BCUT2D eigenvalue weighted by Gasteiger charge is 2.00. The van der Waals surface area contributed by atoms with Crippen LogP contribution in [-0.4, -0.2) is 9.78 Å². The SMILES string of the molecule is CCn1nc(CN)cc1Br.Cl. The Balaban J connectivity index is 0.000001000. The van der Waals surface area contributed by atoms with E-state index >= 15 is 0 Å². The fourth-order valence-corrected chi connectivity index (χ4v) is 1.36. The minimum absolute atomic E-state index is 0. The van der Waals surface area contributed by atoms with Gasteiger partial charge < -0.3 is 5.73 Å². The summed E-state index contributed by atoms with van der Waals surface area (Å²) in [7, 11) is 0. The Kier molecular flexibility index (Phi) is 4.72. The van der Waals surface area contributed by atoms with Gasteiger partial charge in [-0.25, -0.2) is 0 Å². The first-order valence-corrected chi connectivity index (χ1v) is 3.99. The molecule has 0 spiro atoms. The molecule has 0 saturated heterocycles. The van der Waals surface area contributed by atoms with Gasteiger partial charge in [0.2, 0.25) is 0 Å². The molecule has 11 heavy (non-hydrogen) atoms. The van der Waals surface area contributed by atoms with Crippen LogP contribution in [0, 0.1) is 0 Å². The first-order chi connectivity index (χ1) is 4.77. The van der Waals surface area contributed by atoms with E-state index in [1.165, 1.54) is 0 Å². The summed E-state index contributed by atoms with van der Waals surface area (Å²) in [5.41, 5.74) is 6.31. The zero-order chi connectivity index (χ0) is 7.56. The molecule has 1 rings (SSSR count). The van der Waals surface area contributed by atoms with Crippen LogP contribution in [0.5, 0.6) is 0 Å². The molecule has 1 aromatic heterocycles. The van der Waals surface area contributed by atoms with Crippen LogP contribution in [0.4, 0.5) is 0 Å². The molecule has 5 heteroatoms. The van der Waals surface area contributed by atoms with Crippen molar-refractivity contribution >= 4 is 28.3 Å². The number of rotatable bonds is 2. The van der Waals surface area contributed by atoms with E-state index in [0.717, 1.165) is 16.8 Å². The quantitative estimate of drug-likeness (QED) is 0.852. The van der Waals surface area contributed by atoms with Crippen molar-refractivity contribution in [2.24, 2.45) is 5.73 Å². The fraction of sp³-hybridized carbons (Fsp3) is 0.500. The van der Waals surface area contributed by atoms with Crippen molar-refractivity contribution in [1.29, 1.82) is 0 Å². The maximum Gasteiger partial charge on any atom is 0.104 e. The predicted octanol–water partition coefficient (Wildman–Crippen LogP) is 1.55. The van der Waals surface area contributed by atoms with Crippen molar-refractivity contribution in [2.45, 2.75) is 20.0 Å². The molecule has 2 N–H and O–H groups in total. The summed E-state index contributed by atoms with van der Waals surface area (Å²) in [6, 6.07) is 1.93. The topological polar surface area (TPSA) is 43.8 Å². The highest BCUT2D eigenvalue weighted by Crippen LogP contribution is 2.10. The Morgan fingerprint density at radius 2 is 2.36 bits per heavy atom. The Bertz CT molecular complexity index is 224. The van der Waals surface area contributed by atoms with Gasteiger partial charge in [0.1, 0.15) is 4.60 Å². The van der Waals surface area contributed by atoms with E-state index in [1.54, 1.807) is 0 Å². The molecule has 0 radical (unpaired) electrons. The van der Waals surface area contributed by atoms with Crippen LogP contribution in [0.3, 0.4) is 0 Å². The second-order valence-corrected chi connectivity index (χ2v) is 2.79. The van der Waals surface area contributed by atoms with Gasteiger partial charge in [-0.15, -0.1) is 12.4 Å². The molecule has 0 atom stereocenters. The molecule has 0 aliphatic rings. The van der Waals surface area contributed by atoms with E-state index in [2.05, 4.69) is 21.0 Å². The van der Waals surface area contributed by atoms with E-state index in [1.807, 2.05) is 17.7 Å². The summed E-state index contributed by atoms with van der Waals surface area (Å²) in [5, 5.41) is 4.19. The van der Waals surface area contributed by atoms with Crippen molar-refractivity contribution in [3.05, 3.63) is 16.4 Å². The lowest BCUT2D eigenvalue weighted by molar-refractivity contribution is 0.634. The van der Waals surface area contributed by atoms with Crippen molar-refractivity contribution in [2.75, 3.05) is 0 Å². The third-order valence-corrected chi connectivity index (χ3v) is 1.93. The second-order valence-electron chi connectivity index (χ2n) is 1.98. The highest BCUT2D eigenvalue weighted by molar-refractivity contribution is 9.10. The molecule has 3 nitrogen and oxygen atoms in total. The first-order valence-electron chi connectivity index (χ1n) is 3.20. The van der Waals surface area contributed by atoms with Gasteiger partial charge in [0.25, 0.3) is 0 Å². The summed E-state index contributed by atoms with van der Waals surface area (Å²) in [4.78, 5) is 0. The van der Waals surface area contributed by atoms with Gasteiger partial charge in [-0.2, -0.15) is 5.10 Å². The monoisotopic (exact) mass is 239 g/mol. The molecular weight excluding hydrogens is 229 g/mol. The van der Waals surface area contributed by atoms with Crippen molar-refractivity contribution in [3.8, 4) is 0 Å². The predicted molar refractivity (Wildman–Crippen MR) is 50.7 cm³/mol. The Morgan fingerprint density at radius 1 is 1.73 bits per heavy atom. The molecule has 0 amide bonds. The third-order valence-electron chi connectivity index (χ3n) is 1.29. The van der Waals surface area contributed by atoms with Gasteiger partial charge in [-0.1, -0.05) is 0 Å². The molecule has 1 aromatic rings. The summed E-state index contributed by atoms with van der Waals surface area (Å²) >= 11 is 3.36. The normalized spacial score (nSPS) is 9.36. The van der Waals surface area contributed by atoms with Gasteiger partial charge in [-0.3, -0.25) is 4.68 Å². The lowest BCUT2D eigenvalue weighted by atomic mass is 10.4. The van der Waals surface area contributed by atoms with E-state index in [-0.39, 0.29) is 12.4 Å². The van der Waals surface area contributed by atoms with E-state index in [9.17, 15) is 0 Å². The fourth-order valence-electron chi connectivity index (χ4n) is 0.765. The lowest BCUT2D eigenvalue weighted by Crippen LogP contribution is -2.00. The van der Waals surface area contributed by atoms with Gasteiger partial charge in [0.05, 0.1) is 5.69 Å². The Hall–Kier alpha value is -0.0600. The number of aryl methyl sites for hydroxylation is 1. The molecule has 0 aromatic carbocycles. The molecule has 0 fully saturated rings. The van der Waals surface area contributed by atoms with Crippen molar-refractivity contribution < 1.29 is 0 Å². The van der Waals surface area contributed by atoms with E-state index in [0.29, 0.717) is 6.54 Å². The van der Waals surface area contributed by atoms with Crippen LogP contribution in [0.25, 0.3) is 0 Å². The van der Waals surface area contributed by atoms with Gasteiger partial charge >= 0.3 is 0 Å². The zero-order valence-corrected chi connectivity index (χ0v) is 8.65. The van der Waals surface area contributed by atoms with Crippen molar-refractivity contribution in [3.63, 3.8) is 0 Å². The number of nitrogens with two attached hydrogens (primary N) is 1. The molecule has 64 valence electrons. The maximum atomic E-state index is 5.39. The molecule has 0 aliphatic carbocycles. The molecule has 1 heterocycles. The first kappa shape index (κ1) is 10.9. The average Bonchev–Trinajstić information content (AvgIpc) is 2.30. The average molecular weight is 241 g/mol. The highest BCUT2D eigenvalue weighted by atomic mass is 79.9. The van der Waals surface area contributed by atoms with Crippen LogP contribution in [0.2, 0.25) is 0 Å². The minimum Gasteiger partial charge on any atom is -0.325 e. The smallest absolute Gasteiger partial charge is 0.104 e. The van der Waals surface area contributed by atoms with Gasteiger partial charge in [0.15, 0.2) is 0 Å². The summed E-state index contributed by atoms with van der Waals surface area (Å²) in [5.74, 6) is 0. The van der Waals surface area contributed by atoms with Crippen LogP contribution in [-0.2, 0) is 13.1 Å². The van der Waals surface area contributed by atoms with Crippen molar-refractivity contribution in [1.82, 2.24) is 9.78 Å². The maximum absolute atomic E-state index is 5.39. The second kappa shape index (κ2) is 4.74. The molecular formula is C6H11BrClN3. The number of aromatic nitrogens is 2. The van der Waals surface area contributed by atoms with E-state index in [4.69, 9.17) is 5.73 Å². The molecule has 0 aliphatic heterocycles. The number of hydrogen-bond acceptors (Lipinski definition) is 2. The van der Waals surface area contributed by atoms with Gasteiger partial charge in [0, 0.05) is 13.1 Å². The molecule has 0 unspecified atom stereocenters. The molecule has 0 saturated carbocycles. The summed E-state index contributed by atoms with van der Waals surface area (Å²) in [6.45, 7) is 3.42. The summed E-state index contributed by atoms with van der Waals surface area (Å²) in [6.07, 6.45) is 0. The lowest BCUT2D eigenvalue weighted by Gasteiger charge is -1.94. The number of nitrogens with zero attached hydrogens (tertiary/aromatic N) is 2. The van der Waals surface area contributed by atoms with Crippen LogP contribution >= 0.6 is 28.3 Å². The summed E-state index contributed by atoms with van der Waals surface area (Å²) < 4.78 is 2.86. The Morgan fingerprint density at radius 3 is 2.64 bits per heavy atom. The molecule has 0 bridgehead atoms. The number of halogens is 2. The van der Waals surface area contributed by atoms with Crippen LogP contribution < -0.4 is 5.73 Å². The number of hydrogen-bond donors (Lipinski definition) is 1. The van der Waals surface area contributed by atoms with E-state index < -0.39 is 0 Å². The zero-order valence-electron chi connectivity index (χ0n) is 6.25. The third kappa shape index (κ3) is 2.47. The van der Waals surface area contributed by atoms with Gasteiger partial charge in [-0.05, 0) is 28.9 Å². The van der Waals surface area contributed by atoms with Crippen LogP contribution in [0.15, 0.2) is 10.7 Å². The largest absolute Gasteiger partial charge is 0.325 e. The Labute approximate surface area is 80.5 Å².